The van der Waals surface area contributed by atoms with Gasteiger partial charge in [-0.25, -0.2) is 4.98 Å². The normalized spacial score (nSPS) is 18.9. The molecule has 7 nitrogen and oxygen atoms in total. The summed E-state index contributed by atoms with van der Waals surface area (Å²) in [5, 5.41) is 7.18. The van der Waals surface area contributed by atoms with E-state index in [1.807, 2.05) is 32.0 Å². The number of aromatic amines is 1. The Bertz CT molecular complexity index is 998. The van der Waals surface area contributed by atoms with E-state index in [0.717, 1.165) is 17.1 Å². The fraction of sp³-hybridized carbons (Fsp3) is 0.364. The zero-order chi connectivity index (χ0) is 20.4. The third kappa shape index (κ3) is 4.35. The summed E-state index contributed by atoms with van der Waals surface area (Å²) in [4.78, 5) is 23.7. The molecular formula is C22H25N5O2. The number of aromatic nitrogens is 4. The van der Waals surface area contributed by atoms with Crippen LogP contribution in [0.5, 0.6) is 0 Å². The van der Waals surface area contributed by atoms with Gasteiger partial charge in [0.05, 0.1) is 24.3 Å². The first-order chi connectivity index (χ1) is 14.0. The average molecular weight is 391 g/mol. The topological polar surface area (TPSA) is 84.0 Å². The van der Waals surface area contributed by atoms with Crippen molar-refractivity contribution in [1.29, 1.82) is 0 Å². The van der Waals surface area contributed by atoms with E-state index in [1.165, 1.54) is 5.56 Å². The van der Waals surface area contributed by atoms with Crippen LogP contribution in [0.1, 0.15) is 51.3 Å². The maximum Gasteiger partial charge on any atom is 0.256 e. The minimum absolute atomic E-state index is 0.0772. The molecule has 0 aliphatic carbocycles. The second kappa shape index (κ2) is 8.13. The lowest BCUT2D eigenvalue weighted by molar-refractivity contribution is 0.0437. The van der Waals surface area contributed by atoms with Crippen LogP contribution in [0.25, 0.3) is 0 Å². The molecule has 3 aromatic rings. The number of rotatable bonds is 5. The predicted octanol–water partition coefficient (Wildman–Crippen LogP) is 3.30. The molecule has 2 unspecified atom stereocenters. The quantitative estimate of drug-likeness (QED) is 0.721. The number of amides is 1. The highest BCUT2D eigenvalue weighted by molar-refractivity contribution is 5.94. The van der Waals surface area contributed by atoms with Crippen LogP contribution in [0.15, 0.2) is 42.6 Å². The first kappa shape index (κ1) is 19.3. The van der Waals surface area contributed by atoms with E-state index in [4.69, 9.17) is 4.74 Å². The second-order valence-electron chi connectivity index (χ2n) is 7.60. The van der Waals surface area contributed by atoms with Gasteiger partial charge < -0.3 is 9.64 Å². The summed E-state index contributed by atoms with van der Waals surface area (Å²) in [7, 11) is 0. The Kier molecular flexibility index (Phi) is 5.40. The summed E-state index contributed by atoms with van der Waals surface area (Å²) < 4.78 is 6.16. The highest BCUT2D eigenvalue weighted by Gasteiger charge is 2.39. The zero-order valence-electron chi connectivity index (χ0n) is 16.9. The number of hydrogen-bond acceptors (Lipinski definition) is 5. The van der Waals surface area contributed by atoms with E-state index < -0.39 is 0 Å². The molecule has 1 N–H and O–H groups in total. The molecule has 0 bridgehead atoms. The number of H-pyrrole nitrogens is 1. The Morgan fingerprint density at radius 3 is 2.79 bits per heavy atom. The first-order valence-electron chi connectivity index (χ1n) is 9.79. The number of benzene rings is 1. The molecule has 1 aliphatic rings. The summed E-state index contributed by atoms with van der Waals surface area (Å²) in [6, 6.07) is 11.7. The Hall–Kier alpha value is -3.06. The standard InChI is InChI=1S/C22H25N5O2/c1-14-5-4-6-17(9-14)13-29-19-10-20(21-24-16(3)25-26-21)27(12-19)22(28)18-8-7-15(2)23-11-18/h4-9,11,19-20H,10,12-13H2,1-3H3,(H,24,25,26). The number of nitrogens with zero attached hydrogens (tertiary/aromatic N) is 4. The Balaban J connectivity index is 1.52. The van der Waals surface area contributed by atoms with Gasteiger partial charge in [-0.3, -0.25) is 14.9 Å². The van der Waals surface area contributed by atoms with Crippen LogP contribution in [0, 0.1) is 20.8 Å². The predicted molar refractivity (Wildman–Crippen MR) is 108 cm³/mol. The summed E-state index contributed by atoms with van der Waals surface area (Å²) in [5.41, 5.74) is 3.77. The van der Waals surface area contributed by atoms with Crippen molar-refractivity contribution in [2.24, 2.45) is 0 Å². The molecule has 3 heterocycles. The maximum atomic E-state index is 13.2. The van der Waals surface area contributed by atoms with Gasteiger partial charge in [0, 0.05) is 24.9 Å². The fourth-order valence-corrected chi connectivity index (χ4v) is 3.67. The molecule has 1 aliphatic heterocycles. The van der Waals surface area contributed by atoms with Gasteiger partial charge in [-0.15, -0.1) is 0 Å². The second-order valence-corrected chi connectivity index (χ2v) is 7.60. The lowest BCUT2D eigenvalue weighted by atomic mass is 10.1. The smallest absolute Gasteiger partial charge is 0.256 e. The van der Waals surface area contributed by atoms with Crippen molar-refractivity contribution in [2.75, 3.05) is 6.54 Å². The van der Waals surface area contributed by atoms with Crippen molar-refractivity contribution in [2.45, 2.75) is 45.9 Å². The maximum absolute atomic E-state index is 13.2. The monoisotopic (exact) mass is 391 g/mol. The van der Waals surface area contributed by atoms with E-state index in [-0.39, 0.29) is 18.1 Å². The number of carbonyl (C=O) groups excluding carboxylic acids is 1. The molecule has 1 amide bonds. The minimum atomic E-state index is -0.226. The van der Waals surface area contributed by atoms with E-state index in [0.29, 0.717) is 31.0 Å². The van der Waals surface area contributed by atoms with E-state index >= 15 is 0 Å². The van der Waals surface area contributed by atoms with Gasteiger partial charge in [-0.1, -0.05) is 29.8 Å². The van der Waals surface area contributed by atoms with Gasteiger partial charge in [-0.2, -0.15) is 5.10 Å². The van der Waals surface area contributed by atoms with Gasteiger partial charge in [0.25, 0.3) is 5.91 Å². The van der Waals surface area contributed by atoms with Gasteiger partial charge in [0.2, 0.25) is 0 Å². The molecule has 7 heteroatoms. The summed E-state index contributed by atoms with van der Waals surface area (Å²) >= 11 is 0. The van der Waals surface area contributed by atoms with Crippen molar-refractivity contribution >= 4 is 5.91 Å². The fourth-order valence-electron chi connectivity index (χ4n) is 3.67. The zero-order valence-corrected chi connectivity index (χ0v) is 16.9. The van der Waals surface area contributed by atoms with Crippen molar-refractivity contribution in [3.63, 3.8) is 0 Å². The molecule has 4 rings (SSSR count). The highest BCUT2D eigenvalue weighted by atomic mass is 16.5. The van der Waals surface area contributed by atoms with E-state index in [2.05, 4.69) is 45.3 Å². The van der Waals surface area contributed by atoms with Crippen LogP contribution < -0.4 is 0 Å². The summed E-state index contributed by atoms with van der Waals surface area (Å²) in [6.45, 7) is 6.83. The molecule has 150 valence electrons. The molecule has 2 atom stereocenters. The third-order valence-electron chi connectivity index (χ3n) is 5.16. The minimum Gasteiger partial charge on any atom is -0.372 e. The number of carbonyl (C=O) groups is 1. The number of ether oxygens (including phenoxy) is 1. The molecule has 1 saturated heterocycles. The average Bonchev–Trinajstić information content (AvgIpc) is 3.33. The molecule has 0 spiro atoms. The Morgan fingerprint density at radius 2 is 2.10 bits per heavy atom. The molecule has 29 heavy (non-hydrogen) atoms. The SMILES string of the molecule is Cc1cccc(COC2CC(c3n[nH]c(C)n3)N(C(=O)c3ccc(C)nc3)C2)c1. The van der Waals surface area contributed by atoms with Gasteiger partial charge >= 0.3 is 0 Å². The molecule has 0 saturated carbocycles. The summed E-state index contributed by atoms with van der Waals surface area (Å²) in [6.07, 6.45) is 2.20. The number of aryl methyl sites for hydroxylation is 3. The Labute approximate surface area is 170 Å². The molecule has 2 aromatic heterocycles. The van der Waals surface area contributed by atoms with Gasteiger partial charge in [0.15, 0.2) is 5.82 Å². The van der Waals surface area contributed by atoms with Crippen molar-refractivity contribution < 1.29 is 9.53 Å². The van der Waals surface area contributed by atoms with Crippen LogP contribution in [0.3, 0.4) is 0 Å². The number of pyridine rings is 1. The van der Waals surface area contributed by atoms with E-state index in [9.17, 15) is 4.79 Å². The highest BCUT2D eigenvalue weighted by Crippen LogP contribution is 2.33. The van der Waals surface area contributed by atoms with Crippen LogP contribution >= 0.6 is 0 Å². The van der Waals surface area contributed by atoms with Gasteiger partial charge in [0.1, 0.15) is 5.82 Å². The van der Waals surface area contributed by atoms with Crippen LogP contribution in [0.2, 0.25) is 0 Å². The number of hydrogen-bond donors (Lipinski definition) is 1. The van der Waals surface area contributed by atoms with Crippen LogP contribution in [-0.2, 0) is 11.3 Å². The number of likely N-dealkylation sites (tertiary alicyclic amines) is 1. The van der Waals surface area contributed by atoms with Crippen LogP contribution in [-0.4, -0.2) is 43.6 Å². The lowest BCUT2D eigenvalue weighted by Crippen LogP contribution is -2.32. The third-order valence-corrected chi connectivity index (χ3v) is 5.16. The first-order valence-corrected chi connectivity index (χ1v) is 9.79. The Morgan fingerprint density at radius 1 is 1.24 bits per heavy atom. The number of nitrogens with one attached hydrogen (secondary N) is 1. The van der Waals surface area contributed by atoms with E-state index in [1.54, 1.807) is 11.1 Å². The van der Waals surface area contributed by atoms with Crippen LogP contribution in [0.4, 0.5) is 0 Å². The largest absolute Gasteiger partial charge is 0.372 e. The van der Waals surface area contributed by atoms with Crippen molar-refractivity contribution in [1.82, 2.24) is 25.1 Å². The molecule has 1 aromatic carbocycles. The lowest BCUT2D eigenvalue weighted by Gasteiger charge is -2.22. The molecule has 0 radical (unpaired) electrons. The van der Waals surface area contributed by atoms with Gasteiger partial charge in [-0.05, 0) is 38.5 Å². The molecule has 1 fully saturated rings. The molecular weight excluding hydrogens is 366 g/mol. The van der Waals surface area contributed by atoms with Crippen molar-refractivity contribution in [3.8, 4) is 0 Å². The van der Waals surface area contributed by atoms with Crippen molar-refractivity contribution in [3.05, 3.63) is 76.6 Å². The summed E-state index contributed by atoms with van der Waals surface area (Å²) in [5.74, 6) is 1.28.